The minimum absolute atomic E-state index is 0.137. The smallest absolute Gasteiger partial charge is 0.317 e. The Labute approximate surface area is 153 Å². The van der Waals surface area contributed by atoms with Crippen molar-refractivity contribution in [3.05, 3.63) is 29.8 Å². The fourth-order valence-corrected chi connectivity index (χ4v) is 2.97. The number of nitrogens with zero attached hydrogens (tertiary/aromatic N) is 1. The Hall–Kier alpha value is -2.57. The van der Waals surface area contributed by atoms with Gasteiger partial charge in [-0.2, -0.15) is 0 Å². The van der Waals surface area contributed by atoms with Gasteiger partial charge in [0, 0.05) is 25.3 Å². The van der Waals surface area contributed by atoms with Gasteiger partial charge in [-0.15, -0.1) is 0 Å². The van der Waals surface area contributed by atoms with Gasteiger partial charge in [0.15, 0.2) is 0 Å². The number of carbonyl (C=O) groups excluding carboxylic acids is 2. The summed E-state index contributed by atoms with van der Waals surface area (Å²) in [4.78, 5) is 37.5. The first-order valence-corrected chi connectivity index (χ1v) is 9.00. The van der Waals surface area contributed by atoms with E-state index in [1.165, 1.54) is 0 Å². The second-order valence-electron chi connectivity index (χ2n) is 7.08. The van der Waals surface area contributed by atoms with Gasteiger partial charge in [0.25, 0.3) is 0 Å². The zero-order chi connectivity index (χ0) is 19.1. The summed E-state index contributed by atoms with van der Waals surface area (Å²) in [6, 6.07) is 6.76. The van der Waals surface area contributed by atoms with E-state index in [0.29, 0.717) is 43.2 Å². The highest BCUT2D eigenvalue weighted by Gasteiger charge is 2.28. The summed E-state index contributed by atoms with van der Waals surface area (Å²) in [5.41, 5.74) is 1.08. The van der Waals surface area contributed by atoms with Gasteiger partial charge in [0.1, 0.15) is 0 Å². The van der Waals surface area contributed by atoms with Crippen LogP contribution in [0.15, 0.2) is 24.3 Å². The van der Waals surface area contributed by atoms with E-state index in [1.54, 1.807) is 29.2 Å². The van der Waals surface area contributed by atoms with Crippen LogP contribution in [0.5, 0.6) is 0 Å². The first kappa shape index (κ1) is 19.8. The number of carboxylic acids is 1. The molecule has 26 heavy (non-hydrogen) atoms. The molecule has 0 spiro atoms. The number of hydrogen-bond donors (Lipinski definition) is 3. The lowest BCUT2D eigenvalue weighted by atomic mass is 9.97. The Kier molecular flexibility index (Phi) is 7.00. The molecule has 142 valence electrons. The van der Waals surface area contributed by atoms with Crippen molar-refractivity contribution in [1.29, 1.82) is 0 Å². The molecule has 1 heterocycles. The molecule has 3 N–H and O–H groups in total. The summed E-state index contributed by atoms with van der Waals surface area (Å²) < 4.78 is 0. The Bertz CT molecular complexity index is 660. The molecule has 1 saturated heterocycles. The number of likely N-dealkylation sites (tertiary alicyclic amines) is 1. The van der Waals surface area contributed by atoms with E-state index in [0.717, 1.165) is 6.42 Å². The zero-order valence-corrected chi connectivity index (χ0v) is 15.3. The lowest BCUT2D eigenvalue weighted by Gasteiger charge is -2.32. The van der Waals surface area contributed by atoms with Crippen LogP contribution in [-0.4, -0.2) is 47.5 Å². The van der Waals surface area contributed by atoms with E-state index in [9.17, 15) is 14.4 Å². The maximum Gasteiger partial charge on any atom is 0.317 e. The van der Waals surface area contributed by atoms with Crippen LogP contribution in [0.2, 0.25) is 0 Å². The molecule has 1 atom stereocenters. The Morgan fingerprint density at radius 1 is 1.27 bits per heavy atom. The molecule has 1 unspecified atom stereocenters. The van der Waals surface area contributed by atoms with E-state index >= 15 is 0 Å². The van der Waals surface area contributed by atoms with Gasteiger partial charge in [-0.25, -0.2) is 4.79 Å². The van der Waals surface area contributed by atoms with Gasteiger partial charge in [0.05, 0.1) is 12.3 Å². The number of anilines is 1. The number of hydrogen-bond acceptors (Lipinski definition) is 3. The molecule has 7 heteroatoms. The number of carbonyl (C=O) groups is 3. The fourth-order valence-electron chi connectivity index (χ4n) is 2.97. The summed E-state index contributed by atoms with van der Waals surface area (Å²) in [6.07, 6.45) is 1.33. The third-order valence-electron chi connectivity index (χ3n) is 4.36. The molecule has 0 radical (unpaired) electrons. The SMILES string of the molecule is CC(C)CNC(=O)N1CCCC(C(=O)Nc2ccccc2CC(=O)O)C1. The molecule has 0 saturated carbocycles. The van der Waals surface area contributed by atoms with Crippen molar-refractivity contribution < 1.29 is 19.5 Å². The first-order chi connectivity index (χ1) is 12.4. The van der Waals surface area contributed by atoms with Crippen LogP contribution in [0, 0.1) is 11.8 Å². The molecule has 0 bridgehead atoms. The second-order valence-corrected chi connectivity index (χ2v) is 7.08. The van der Waals surface area contributed by atoms with Crippen molar-refractivity contribution in [2.75, 3.05) is 25.0 Å². The lowest BCUT2D eigenvalue weighted by Crippen LogP contribution is -2.48. The van der Waals surface area contributed by atoms with Crippen molar-refractivity contribution in [2.45, 2.75) is 33.1 Å². The van der Waals surface area contributed by atoms with Crippen molar-refractivity contribution in [3.8, 4) is 0 Å². The number of carboxylic acid groups (broad SMARTS) is 1. The van der Waals surface area contributed by atoms with E-state index in [-0.39, 0.29) is 24.3 Å². The highest BCUT2D eigenvalue weighted by atomic mass is 16.4. The average molecular weight is 361 g/mol. The summed E-state index contributed by atoms with van der Waals surface area (Å²) >= 11 is 0. The molecule has 0 aliphatic carbocycles. The number of piperidine rings is 1. The summed E-state index contributed by atoms with van der Waals surface area (Å²) in [7, 11) is 0. The molecular formula is C19H27N3O4. The maximum atomic E-state index is 12.6. The van der Waals surface area contributed by atoms with Crippen molar-refractivity contribution >= 4 is 23.6 Å². The highest BCUT2D eigenvalue weighted by Crippen LogP contribution is 2.21. The third kappa shape index (κ3) is 5.75. The normalized spacial score (nSPS) is 17.0. The monoisotopic (exact) mass is 361 g/mol. The Balaban J connectivity index is 1.97. The second kappa shape index (κ2) is 9.22. The molecule has 1 aliphatic heterocycles. The van der Waals surface area contributed by atoms with Crippen molar-refractivity contribution in [2.24, 2.45) is 11.8 Å². The average Bonchev–Trinajstić information content (AvgIpc) is 2.61. The summed E-state index contributed by atoms with van der Waals surface area (Å²) in [6.45, 7) is 5.68. The quantitative estimate of drug-likeness (QED) is 0.724. The number of urea groups is 1. The number of rotatable bonds is 6. The minimum atomic E-state index is -0.947. The van der Waals surface area contributed by atoms with Gasteiger partial charge in [-0.1, -0.05) is 32.0 Å². The molecule has 7 nitrogen and oxygen atoms in total. The van der Waals surface area contributed by atoms with Crippen LogP contribution in [0.25, 0.3) is 0 Å². The lowest BCUT2D eigenvalue weighted by molar-refractivity contribution is -0.136. The van der Waals surface area contributed by atoms with Crippen LogP contribution in [-0.2, 0) is 16.0 Å². The van der Waals surface area contributed by atoms with Crippen LogP contribution in [0.4, 0.5) is 10.5 Å². The molecule has 1 aromatic carbocycles. The molecule has 3 amide bonds. The molecule has 1 aliphatic rings. The topological polar surface area (TPSA) is 98.7 Å². The Morgan fingerprint density at radius 2 is 2.00 bits per heavy atom. The van der Waals surface area contributed by atoms with Crippen molar-refractivity contribution in [3.63, 3.8) is 0 Å². The highest BCUT2D eigenvalue weighted by molar-refractivity contribution is 5.94. The van der Waals surface area contributed by atoms with E-state index in [2.05, 4.69) is 10.6 Å². The van der Waals surface area contributed by atoms with Crippen LogP contribution in [0.3, 0.4) is 0 Å². The summed E-state index contributed by atoms with van der Waals surface area (Å²) in [5, 5.41) is 14.7. The number of benzene rings is 1. The van der Waals surface area contributed by atoms with Crippen LogP contribution < -0.4 is 10.6 Å². The van der Waals surface area contributed by atoms with Gasteiger partial charge in [0.2, 0.25) is 5.91 Å². The third-order valence-corrected chi connectivity index (χ3v) is 4.36. The van der Waals surface area contributed by atoms with Crippen LogP contribution in [0.1, 0.15) is 32.3 Å². The van der Waals surface area contributed by atoms with E-state index in [1.807, 2.05) is 13.8 Å². The zero-order valence-electron chi connectivity index (χ0n) is 15.3. The predicted molar refractivity (Wildman–Crippen MR) is 98.9 cm³/mol. The first-order valence-electron chi connectivity index (χ1n) is 9.00. The Morgan fingerprint density at radius 3 is 2.69 bits per heavy atom. The molecule has 1 fully saturated rings. The predicted octanol–water partition coefficient (Wildman–Crippen LogP) is 2.33. The number of aliphatic carboxylic acids is 1. The van der Waals surface area contributed by atoms with E-state index in [4.69, 9.17) is 5.11 Å². The van der Waals surface area contributed by atoms with Gasteiger partial charge in [-0.05, 0) is 30.4 Å². The largest absolute Gasteiger partial charge is 0.481 e. The summed E-state index contributed by atoms with van der Waals surface area (Å²) in [5.74, 6) is -1.05. The molecular weight excluding hydrogens is 334 g/mol. The maximum absolute atomic E-state index is 12.6. The molecule has 0 aromatic heterocycles. The number of nitrogens with one attached hydrogen (secondary N) is 2. The number of amides is 3. The minimum Gasteiger partial charge on any atom is -0.481 e. The van der Waals surface area contributed by atoms with Gasteiger partial charge in [-0.3, -0.25) is 9.59 Å². The van der Waals surface area contributed by atoms with E-state index < -0.39 is 5.97 Å². The fraction of sp³-hybridized carbons (Fsp3) is 0.526. The van der Waals surface area contributed by atoms with Gasteiger partial charge >= 0.3 is 12.0 Å². The standard InChI is InChI=1S/C19H27N3O4/c1-13(2)11-20-19(26)22-9-5-7-15(12-22)18(25)21-16-8-4-3-6-14(16)10-17(23)24/h3-4,6,8,13,15H,5,7,9-12H2,1-2H3,(H,20,26)(H,21,25)(H,23,24). The van der Waals surface area contributed by atoms with Crippen molar-refractivity contribution in [1.82, 2.24) is 10.2 Å². The molecule has 1 aromatic rings. The van der Waals surface area contributed by atoms with Gasteiger partial charge < -0.3 is 20.6 Å². The van der Waals surface area contributed by atoms with Crippen LogP contribution >= 0.6 is 0 Å². The number of para-hydroxylation sites is 1. The molecule has 2 rings (SSSR count).